The lowest BCUT2D eigenvalue weighted by Gasteiger charge is -2.07. The zero-order valence-corrected chi connectivity index (χ0v) is 11.1. The van der Waals surface area contributed by atoms with Crippen molar-refractivity contribution in [1.82, 2.24) is 20.0 Å². The summed E-state index contributed by atoms with van der Waals surface area (Å²) in [6, 6.07) is 6.12. The third kappa shape index (κ3) is 3.10. The van der Waals surface area contributed by atoms with Crippen LogP contribution in [0.25, 0.3) is 5.65 Å². The van der Waals surface area contributed by atoms with Crippen molar-refractivity contribution in [1.29, 1.82) is 0 Å². The van der Waals surface area contributed by atoms with Gasteiger partial charge in [0.25, 0.3) is 0 Å². The van der Waals surface area contributed by atoms with Crippen LogP contribution in [-0.4, -0.2) is 33.8 Å². The maximum atomic E-state index is 5.00. The monoisotopic (exact) mass is 266 g/mol. The minimum atomic E-state index is 0.687. The molecule has 0 aliphatic carbocycles. The molecule has 2 rings (SSSR count). The van der Waals surface area contributed by atoms with Crippen molar-refractivity contribution in [3.05, 3.63) is 30.6 Å². The van der Waals surface area contributed by atoms with E-state index in [0.717, 1.165) is 17.9 Å². The van der Waals surface area contributed by atoms with E-state index in [9.17, 15) is 0 Å². The van der Waals surface area contributed by atoms with E-state index >= 15 is 0 Å². The fourth-order valence-corrected chi connectivity index (χ4v) is 2.43. The largest absolute Gasteiger partial charge is 0.366 e. The van der Waals surface area contributed by atoms with E-state index < -0.39 is 0 Å². The number of fused-ring (bicyclic) bond motifs is 1. The number of hydrogen-bond acceptors (Lipinski definition) is 3. The first-order valence-corrected chi connectivity index (χ1v) is 6.71. The van der Waals surface area contributed by atoms with E-state index in [4.69, 9.17) is 12.2 Å². The maximum Gasteiger partial charge on any atom is 0.166 e. The molecular weight excluding hydrogens is 252 g/mol. The van der Waals surface area contributed by atoms with Gasteiger partial charge >= 0.3 is 0 Å². The fourth-order valence-electron chi connectivity index (χ4n) is 1.45. The van der Waals surface area contributed by atoms with Crippen LogP contribution in [-0.2, 0) is 0 Å². The Bertz CT molecular complexity index is 509. The SMILES string of the molecule is CNC(=S)NCCSc1cccc2nccn12. The number of pyridine rings is 1. The normalized spacial score (nSPS) is 10.4. The first-order chi connectivity index (χ1) is 8.31. The van der Waals surface area contributed by atoms with E-state index in [1.165, 1.54) is 5.03 Å². The van der Waals surface area contributed by atoms with Crippen molar-refractivity contribution in [2.75, 3.05) is 19.3 Å². The highest BCUT2D eigenvalue weighted by Crippen LogP contribution is 2.18. The highest BCUT2D eigenvalue weighted by atomic mass is 32.2. The second-order valence-corrected chi connectivity index (χ2v) is 4.90. The second-order valence-electron chi connectivity index (χ2n) is 3.37. The lowest BCUT2D eigenvalue weighted by molar-refractivity contribution is 0.938. The van der Waals surface area contributed by atoms with Gasteiger partial charge in [-0.05, 0) is 24.4 Å². The van der Waals surface area contributed by atoms with Crippen molar-refractivity contribution in [2.24, 2.45) is 0 Å². The molecule has 0 unspecified atom stereocenters. The summed E-state index contributed by atoms with van der Waals surface area (Å²) in [6.45, 7) is 0.843. The molecule has 4 nitrogen and oxygen atoms in total. The summed E-state index contributed by atoms with van der Waals surface area (Å²) >= 11 is 6.78. The van der Waals surface area contributed by atoms with Gasteiger partial charge in [-0.2, -0.15) is 0 Å². The summed E-state index contributed by atoms with van der Waals surface area (Å²) < 4.78 is 2.08. The number of aromatic nitrogens is 2. The number of thioether (sulfide) groups is 1. The molecule has 0 saturated carbocycles. The predicted molar refractivity (Wildman–Crippen MR) is 75.6 cm³/mol. The van der Waals surface area contributed by atoms with Gasteiger partial charge < -0.3 is 10.6 Å². The Hall–Kier alpha value is -1.27. The van der Waals surface area contributed by atoms with Crippen molar-refractivity contribution in [3.63, 3.8) is 0 Å². The Balaban J connectivity index is 1.91. The van der Waals surface area contributed by atoms with Crippen LogP contribution in [0.15, 0.2) is 35.6 Å². The lowest BCUT2D eigenvalue weighted by atomic mass is 10.5. The minimum absolute atomic E-state index is 0.687. The number of nitrogens with zero attached hydrogens (tertiary/aromatic N) is 2. The number of nitrogens with one attached hydrogen (secondary N) is 2. The Morgan fingerprint density at radius 2 is 2.41 bits per heavy atom. The van der Waals surface area contributed by atoms with Gasteiger partial charge in [-0.3, -0.25) is 4.40 Å². The molecule has 0 bridgehead atoms. The standard InChI is InChI=1S/C11H14N4S2/c1-12-11(16)14-6-8-17-10-4-2-3-9-13-5-7-15(9)10/h2-5,7H,6,8H2,1H3,(H2,12,14,16). The topological polar surface area (TPSA) is 41.4 Å². The number of imidazole rings is 1. The molecule has 2 aromatic heterocycles. The first kappa shape index (κ1) is 12.2. The number of rotatable bonds is 4. The van der Waals surface area contributed by atoms with Crippen LogP contribution in [0.2, 0.25) is 0 Å². The maximum absolute atomic E-state index is 5.00. The molecule has 17 heavy (non-hydrogen) atoms. The van der Waals surface area contributed by atoms with Gasteiger partial charge in [-0.15, -0.1) is 11.8 Å². The summed E-state index contributed by atoms with van der Waals surface area (Å²) in [4.78, 5) is 4.25. The molecule has 0 radical (unpaired) electrons. The molecule has 2 N–H and O–H groups in total. The van der Waals surface area contributed by atoms with Gasteiger partial charge in [0.2, 0.25) is 0 Å². The fraction of sp³-hybridized carbons (Fsp3) is 0.273. The summed E-state index contributed by atoms with van der Waals surface area (Å²) in [7, 11) is 1.81. The summed E-state index contributed by atoms with van der Waals surface area (Å²) in [5.74, 6) is 0.957. The van der Waals surface area contributed by atoms with Gasteiger partial charge in [0, 0.05) is 31.7 Å². The van der Waals surface area contributed by atoms with Crippen molar-refractivity contribution in [2.45, 2.75) is 5.03 Å². The molecule has 0 atom stereocenters. The highest BCUT2D eigenvalue weighted by Gasteiger charge is 2.00. The second kappa shape index (κ2) is 5.88. The third-order valence-electron chi connectivity index (χ3n) is 2.26. The molecular formula is C11H14N4S2. The smallest absolute Gasteiger partial charge is 0.166 e. The van der Waals surface area contributed by atoms with Gasteiger partial charge in [-0.25, -0.2) is 4.98 Å². The van der Waals surface area contributed by atoms with Crippen LogP contribution < -0.4 is 10.6 Å². The molecule has 0 aromatic carbocycles. The lowest BCUT2D eigenvalue weighted by Crippen LogP contribution is -2.33. The molecule has 0 saturated heterocycles. The van der Waals surface area contributed by atoms with Crippen LogP contribution in [0.3, 0.4) is 0 Å². The van der Waals surface area contributed by atoms with E-state index in [-0.39, 0.29) is 0 Å². The number of thiocarbonyl (C=S) groups is 1. The average Bonchev–Trinajstić information content (AvgIpc) is 2.83. The molecule has 6 heteroatoms. The summed E-state index contributed by atoms with van der Waals surface area (Å²) in [6.07, 6.45) is 3.79. The summed E-state index contributed by atoms with van der Waals surface area (Å²) in [5, 5.41) is 7.88. The quantitative estimate of drug-likeness (QED) is 0.499. The molecule has 0 spiro atoms. The molecule has 0 fully saturated rings. The zero-order chi connectivity index (χ0) is 12.1. The van der Waals surface area contributed by atoms with Gasteiger partial charge in [0.1, 0.15) is 5.65 Å². The average molecular weight is 266 g/mol. The van der Waals surface area contributed by atoms with Crippen molar-refractivity contribution >= 4 is 34.7 Å². The predicted octanol–water partition coefficient (Wildman–Crippen LogP) is 1.52. The molecule has 2 heterocycles. The minimum Gasteiger partial charge on any atom is -0.366 e. The van der Waals surface area contributed by atoms with Crippen LogP contribution >= 0.6 is 24.0 Å². The Kier molecular flexibility index (Phi) is 4.22. The molecule has 90 valence electrons. The van der Waals surface area contributed by atoms with Crippen molar-refractivity contribution < 1.29 is 0 Å². The number of hydrogen-bond donors (Lipinski definition) is 2. The molecule has 0 aliphatic heterocycles. The van der Waals surface area contributed by atoms with E-state index in [1.54, 1.807) is 11.8 Å². The van der Waals surface area contributed by atoms with E-state index in [1.807, 2.05) is 31.6 Å². The Morgan fingerprint density at radius 3 is 3.24 bits per heavy atom. The van der Waals surface area contributed by atoms with Crippen LogP contribution in [0.1, 0.15) is 0 Å². The molecule has 0 amide bonds. The summed E-state index contributed by atoms with van der Waals surface area (Å²) in [5.41, 5.74) is 0.980. The van der Waals surface area contributed by atoms with Gasteiger partial charge in [0.05, 0.1) is 5.03 Å². The third-order valence-corrected chi connectivity index (χ3v) is 3.64. The van der Waals surface area contributed by atoms with Gasteiger partial charge in [0.15, 0.2) is 5.11 Å². The Morgan fingerprint density at radius 1 is 1.53 bits per heavy atom. The van der Waals surface area contributed by atoms with E-state index in [0.29, 0.717) is 5.11 Å². The molecule has 0 aliphatic rings. The zero-order valence-electron chi connectivity index (χ0n) is 9.51. The molecule has 2 aromatic rings. The van der Waals surface area contributed by atoms with Crippen LogP contribution in [0.4, 0.5) is 0 Å². The van der Waals surface area contributed by atoms with Gasteiger partial charge in [-0.1, -0.05) is 6.07 Å². The van der Waals surface area contributed by atoms with E-state index in [2.05, 4.69) is 26.1 Å². The van der Waals surface area contributed by atoms with Crippen LogP contribution in [0.5, 0.6) is 0 Å². The first-order valence-electron chi connectivity index (χ1n) is 5.32. The van der Waals surface area contributed by atoms with Crippen LogP contribution in [0, 0.1) is 0 Å². The Labute approximate surface area is 110 Å². The van der Waals surface area contributed by atoms with Crippen molar-refractivity contribution in [3.8, 4) is 0 Å². The highest BCUT2D eigenvalue weighted by molar-refractivity contribution is 7.99.